The van der Waals surface area contributed by atoms with Gasteiger partial charge in [-0.3, -0.25) is 0 Å². The van der Waals surface area contributed by atoms with Crippen molar-refractivity contribution in [3.63, 3.8) is 0 Å². The fraction of sp³-hybridized carbons (Fsp3) is 0.385. The number of phenolic OH excluding ortho intramolecular Hbond substituents is 3. The van der Waals surface area contributed by atoms with Crippen molar-refractivity contribution in [1.29, 1.82) is 0 Å². The number of aliphatic hydroxyl groups excluding tert-OH is 1. The lowest BCUT2D eigenvalue weighted by atomic mass is 9.94. The Labute approximate surface area is 109 Å². The molecule has 19 heavy (non-hydrogen) atoms. The summed E-state index contributed by atoms with van der Waals surface area (Å²) in [7, 11) is 0. The van der Waals surface area contributed by atoms with Crippen molar-refractivity contribution in [2.75, 3.05) is 0 Å². The molecule has 0 saturated heterocycles. The molecule has 0 bridgehead atoms. The van der Waals surface area contributed by atoms with Crippen LogP contribution in [0.2, 0.25) is 0 Å². The Morgan fingerprint density at radius 2 is 1.58 bits per heavy atom. The lowest BCUT2D eigenvalue weighted by Gasteiger charge is -2.16. The Kier molecular flexibility index (Phi) is 2.78. The molecule has 1 saturated carbocycles. The Hall–Kier alpha value is -1.76. The van der Waals surface area contributed by atoms with E-state index in [1.807, 2.05) is 0 Å². The molecule has 0 spiro atoms. The van der Waals surface area contributed by atoms with E-state index in [9.17, 15) is 30.6 Å². The Balaban J connectivity index is 2.73. The van der Waals surface area contributed by atoms with Crippen LogP contribution >= 0.6 is 0 Å². The minimum Gasteiger partial charge on any atom is -0.507 e. The molecular formula is C13H16O6. The quantitative estimate of drug-likeness (QED) is 0.260. The predicted molar refractivity (Wildman–Crippen MR) is 66.8 cm³/mol. The van der Waals surface area contributed by atoms with E-state index in [0.717, 1.165) is 0 Å². The van der Waals surface area contributed by atoms with Gasteiger partial charge in [0.15, 0.2) is 17.3 Å². The van der Waals surface area contributed by atoms with Gasteiger partial charge in [0.25, 0.3) is 0 Å². The number of allylic oxidation sites excluding steroid dienone is 1. The molecule has 0 aliphatic heterocycles. The van der Waals surface area contributed by atoms with E-state index in [2.05, 4.69) is 6.58 Å². The largest absolute Gasteiger partial charge is 0.507 e. The first-order valence-electron chi connectivity index (χ1n) is 5.68. The zero-order valence-electron chi connectivity index (χ0n) is 10.5. The molecule has 1 fully saturated rings. The van der Waals surface area contributed by atoms with Gasteiger partial charge in [0.1, 0.15) is 11.9 Å². The van der Waals surface area contributed by atoms with Gasteiger partial charge >= 0.3 is 0 Å². The van der Waals surface area contributed by atoms with E-state index in [4.69, 9.17) is 0 Å². The average Bonchev–Trinajstić information content (AvgIpc) is 2.77. The highest BCUT2D eigenvalue weighted by atomic mass is 16.5. The van der Waals surface area contributed by atoms with Crippen LogP contribution in [-0.4, -0.2) is 42.5 Å². The maximum atomic E-state index is 10.1. The summed E-state index contributed by atoms with van der Waals surface area (Å²) >= 11 is 0. The molecule has 0 unspecified atom stereocenters. The third-order valence-electron chi connectivity index (χ3n) is 3.54. The third-order valence-corrected chi connectivity index (χ3v) is 3.54. The maximum Gasteiger partial charge on any atom is 0.200 e. The van der Waals surface area contributed by atoms with Crippen LogP contribution in [0.3, 0.4) is 0 Å². The molecule has 1 aromatic rings. The van der Waals surface area contributed by atoms with Crippen LogP contribution in [0.4, 0.5) is 0 Å². The molecule has 0 aromatic heterocycles. The molecule has 1 aliphatic rings. The molecule has 2 atom stereocenters. The summed E-state index contributed by atoms with van der Waals surface area (Å²) in [6.07, 6.45) is -1.54. The molecule has 2 rings (SSSR count). The van der Waals surface area contributed by atoms with Gasteiger partial charge in [-0.1, -0.05) is 6.58 Å². The molecule has 1 aliphatic carbocycles. The Bertz CT molecular complexity index is 575. The summed E-state index contributed by atoms with van der Waals surface area (Å²) in [5.41, 5.74) is 0.574. The van der Waals surface area contributed by atoms with E-state index in [0.29, 0.717) is 5.57 Å². The standard InChI is InChI=1S/C13H16O6/c1-4(2)6-5(3)9(14)11(16)7(10(6)15)8-12(17)13(8,18)19/h8,12,14-19H,1H2,2-3H3/t8-,12+/m0/s1. The monoisotopic (exact) mass is 268 g/mol. The van der Waals surface area contributed by atoms with E-state index in [-0.39, 0.29) is 16.7 Å². The number of aliphatic hydroxyl groups is 3. The fourth-order valence-electron chi connectivity index (χ4n) is 2.38. The Morgan fingerprint density at radius 1 is 1.11 bits per heavy atom. The minimum atomic E-state index is -2.43. The summed E-state index contributed by atoms with van der Waals surface area (Å²) in [6, 6.07) is 0. The first-order chi connectivity index (χ1) is 8.62. The van der Waals surface area contributed by atoms with Gasteiger partial charge in [-0.2, -0.15) is 0 Å². The molecular weight excluding hydrogens is 252 g/mol. The summed E-state index contributed by atoms with van der Waals surface area (Å²) in [4.78, 5) is 0. The fourth-order valence-corrected chi connectivity index (χ4v) is 2.38. The molecule has 0 radical (unpaired) electrons. The maximum absolute atomic E-state index is 10.1. The van der Waals surface area contributed by atoms with Gasteiger partial charge in [0.2, 0.25) is 0 Å². The highest BCUT2D eigenvalue weighted by Crippen LogP contribution is 2.58. The van der Waals surface area contributed by atoms with Crippen molar-refractivity contribution in [2.45, 2.75) is 31.7 Å². The normalized spacial score (nSPS) is 24.3. The lowest BCUT2D eigenvalue weighted by Crippen LogP contribution is -2.12. The van der Waals surface area contributed by atoms with E-state index >= 15 is 0 Å². The van der Waals surface area contributed by atoms with Crippen molar-refractivity contribution in [3.05, 3.63) is 23.3 Å². The number of hydrogen-bond acceptors (Lipinski definition) is 6. The van der Waals surface area contributed by atoms with Crippen LogP contribution in [0.1, 0.15) is 29.5 Å². The molecule has 1 aromatic carbocycles. The highest BCUT2D eigenvalue weighted by Gasteiger charge is 2.66. The van der Waals surface area contributed by atoms with Crippen LogP contribution in [0.25, 0.3) is 5.57 Å². The van der Waals surface area contributed by atoms with E-state index in [1.54, 1.807) is 6.92 Å². The van der Waals surface area contributed by atoms with Crippen LogP contribution < -0.4 is 0 Å². The molecule has 6 nitrogen and oxygen atoms in total. The smallest absolute Gasteiger partial charge is 0.200 e. The van der Waals surface area contributed by atoms with Gasteiger partial charge in [0, 0.05) is 11.1 Å². The van der Waals surface area contributed by atoms with Crippen molar-refractivity contribution >= 4 is 5.57 Å². The molecule has 6 heteroatoms. The SMILES string of the molecule is C=C(C)c1c(C)c(O)c(O)c([C@H]2[C@@H](O)C2(O)O)c1O. The number of phenols is 3. The van der Waals surface area contributed by atoms with E-state index < -0.39 is 35.1 Å². The van der Waals surface area contributed by atoms with Gasteiger partial charge in [0.05, 0.1) is 11.5 Å². The van der Waals surface area contributed by atoms with Gasteiger partial charge in [-0.25, -0.2) is 0 Å². The van der Waals surface area contributed by atoms with Crippen molar-refractivity contribution < 1.29 is 30.6 Å². The highest BCUT2D eigenvalue weighted by molar-refractivity contribution is 5.77. The summed E-state index contributed by atoms with van der Waals surface area (Å²) in [5, 5.41) is 58.1. The predicted octanol–water partition coefficient (Wildman–Crippen LogP) is 0.284. The second-order valence-electron chi connectivity index (χ2n) is 4.95. The topological polar surface area (TPSA) is 121 Å². The number of rotatable bonds is 2. The number of aromatic hydroxyl groups is 3. The van der Waals surface area contributed by atoms with Crippen molar-refractivity contribution in [3.8, 4) is 17.2 Å². The molecule has 0 amide bonds. The van der Waals surface area contributed by atoms with Crippen LogP contribution in [0, 0.1) is 6.92 Å². The lowest BCUT2D eigenvalue weighted by molar-refractivity contribution is -0.101. The summed E-state index contributed by atoms with van der Waals surface area (Å²) in [5.74, 6) is -5.29. The van der Waals surface area contributed by atoms with Gasteiger partial charge < -0.3 is 30.6 Å². The Morgan fingerprint density at radius 3 is 1.95 bits per heavy atom. The number of hydrogen-bond donors (Lipinski definition) is 6. The average molecular weight is 268 g/mol. The summed E-state index contributed by atoms with van der Waals surface area (Å²) in [6.45, 7) is 6.73. The van der Waals surface area contributed by atoms with Crippen LogP contribution in [0.15, 0.2) is 6.58 Å². The summed E-state index contributed by atoms with van der Waals surface area (Å²) < 4.78 is 0. The first-order valence-corrected chi connectivity index (χ1v) is 5.68. The second-order valence-corrected chi connectivity index (χ2v) is 4.95. The van der Waals surface area contributed by atoms with Crippen LogP contribution in [-0.2, 0) is 0 Å². The van der Waals surface area contributed by atoms with E-state index in [1.165, 1.54) is 6.92 Å². The van der Waals surface area contributed by atoms with Crippen molar-refractivity contribution in [2.24, 2.45) is 0 Å². The van der Waals surface area contributed by atoms with Crippen molar-refractivity contribution in [1.82, 2.24) is 0 Å². The first kappa shape index (κ1) is 13.7. The molecule has 104 valence electrons. The zero-order valence-corrected chi connectivity index (χ0v) is 10.5. The number of benzene rings is 1. The molecule has 0 heterocycles. The minimum absolute atomic E-state index is 0.209. The van der Waals surface area contributed by atoms with Crippen LogP contribution in [0.5, 0.6) is 17.2 Å². The van der Waals surface area contributed by atoms with Gasteiger partial charge in [-0.15, -0.1) is 0 Å². The third kappa shape index (κ3) is 1.68. The van der Waals surface area contributed by atoms with Gasteiger partial charge in [-0.05, 0) is 19.4 Å². The zero-order chi connectivity index (χ0) is 14.7. The second kappa shape index (κ2) is 3.86. The molecule has 6 N–H and O–H groups in total.